The van der Waals surface area contributed by atoms with Crippen LogP contribution in [0, 0.1) is 6.92 Å². The molecule has 88 valence electrons. The predicted octanol–water partition coefficient (Wildman–Crippen LogP) is 3.27. The van der Waals surface area contributed by atoms with E-state index in [4.69, 9.17) is 0 Å². The standard InChI is InChI=1S/C15H17NO/c1-12-8-10-14(11-9-12)16-15(2,17)13-6-4-3-5-7-13/h3-11,16-17H,1-2H3. The third kappa shape index (κ3) is 2.86. The van der Waals surface area contributed by atoms with E-state index in [9.17, 15) is 5.11 Å². The van der Waals surface area contributed by atoms with Crippen molar-refractivity contribution in [2.45, 2.75) is 19.6 Å². The number of aryl methyl sites for hydroxylation is 1. The molecule has 0 heterocycles. The second-order valence-electron chi connectivity index (χ2n) is 4.43. The van der Waals surface area contributed by atoms with Gasteiger partial charge in [-0.05, 0) is 26.0 Å². The summed E-state index contributed by atoms with van der Waals surface area (Å²) in [5.74, 6) is 0. The van der Waals surface area contributed by atoms with Gasteiger partial charge in [-0.3, -0.25) is 0 Å². The van der Waals surface area contributed by atoms with Gasteiger partial charge in [-0.1, -0.05) is 48.0 Å². The Morgan fingerprint density at radius 2 is 1.53 bits per heavy atom. The Hall–Kier alpha value is -1.80. The number of aliphatic hydroxyl groups is 1. The predicted molar refractivity (Wildman–Crippen MR) is 70.8 cm³/mol. The molecule has 0 aliphatic heterocycles. The molecule has 1 atom stereocenters. The van der Waals surface area contributed by atoms with Crippen LogP contribution < -0.4 is 5.32 Å². The van der Waals surface area contributed by atoms with Gasteiger partial charge in [0.05, 0.1) is 0 Å². The van der Waals surface area contributed by atoms with Crippen molar-refractivity contribution < 1.29 is 5.11 Å². The molecule has 2 nitrogen and oxygen atoms in total. The molecule has 17 heavy (non-hydrogen) atoms. The zero-order chi connectivity index (χ0) is 12.3. The zero-order valence-corrected chi connectivity index (χ0v) is 10.1. The lowest BCUT2D eigenvalue weighted by molar-refractivity contribution is 0.0888. The van der Waals surface area contributed by atoms with Crippen LogP contribution in [0.3, 0.4) is 0 Å². The van der Waals surface area contributed by atoms with Crippen LogP contribution in [0.15, 0.2) is 54.6 Å². The number of hydrogen-bond acceptors (Lipinski definition) is 2. The smallest absolute Gasteiger partial charge is 0.159 e. The Morgan fingerprint density at radius 1 is 0.941 bits per heavy atom. The highest BCUT2D eigenvalue weighted by Crippen LogP contribution is 2.23. The highest BCUT2D eigenvalue weighted by atomic mass is 16.3. The summed E-state index contributed by atoms with van der Waals surface area (Å²) in [6.07, 6.45) is 0. The molecule has 0 aromatic heterocycles. The van der Waals surface area contributed by atoms with E-state index in [0.717, 1.165) is 11.3 Å². The van der Waals surface area contributed by atoms with Gasteiger partial charge in [0.15, 0.2) is 5.72 Å². The van der Waals surface area contributed by atoms with E-state index in [-0.39, 0.29) is 0 Å². The molecule has 2 heteroatoms. The number of anilines is 1. The first-order chi connectivity index (χ1) is 8.08. The van der Waals surface area contributed by atoms with Crippen LogP contribution in [0.2, 0.25) is 0 Å². The SMILES string of the molecule is Cc1ccc(NC(C)(O)c2ccccc2)cc1. The van der Waals surface area contributed by atoms with E-state index in [1.807, 2.05) is 61.5 Å². The lowest BCUT2D eigenvalue weighted by Gasteiger charge is -2.26. The van der Waals surface area contributed by atoms with Crippen LogP contribution in [0.4, 0.5) is 5.69 Å². The fraction of sp³-hybridized carbons (Fsp3) is 0.200. The van der Waals surface area contributed by atoms with Crippen molar-refractivity contribution in [1.82, 2.24) is 0 Å². The van der Waals surface area contributed by atoms with Crippen LogP contribution in [0.25, 0.3) is 0 Å². The van der Waals surface area contributed by atoms with Gasteiger partial charge in [0.2, 0.25) is 0 Å². The molecule has 0 fully saturated rings. The first-order valence-corrected chi connectivity index (χ1v) is 5.71. The number of rotatable bonds is 3. The van der Waals surface area contributed by atoms with Gasteiger partial charge in [-0.15, -0.1) is 0 Å². The third-order valence-electron chi connectivity index (χ3n) is 2.78. The van der Waals surface area contributed by atoms with Crippen LogP contribution in [-0.2, 0) is 5.72 Å². The van der Waals surface area contributed by atoms with Crippen molar-refractivity contribution in [3.8, 4) is 0 Å². The second kappa shape index (κ2) is 4.60. The first kappa shape index (κ1) is 11.7. The van der Waals surface area contributed by atoms with E-state index in [2.05, 4.69) is 5.32 Å². The molecular weight excluding hydrogens is 210 g/mol. The molecule has 0 aliphatic rings. The molecule has 0 radical (unpaired) electrons. The normalized spacial score (nSPS) is 14.1. The van der Waals surface area contributed by atoms with Crippen LogP contribution in [0.5, 0.6) is 0 Å². The summed E-state index contributed by atoms with van der Waals surface area (Å²) < 4.78 is 0. The van der Waals surface area contributed by atoms with E-state index in [1.165, 1.54) is 5.56 Å². The molecule has 1 unspecified atom stereocenters. The van der Waals surface area contributed by atoms with E-state index >= 15 is 0 Å². The van der Waals surface area contributed by atoms with Gasteiger partial charge in [0.25, 0.3) is 0 Å². The lowest BCUT2D eigenvalue weighted by atomic mass is 10.0. The fourth-order valence-corrected chi connectivity index (χ4v) is 1.75. The molecule has 0 saturated carbocycles. The lowest BCUT2D eigenvalue weighted by Crippen LogP contribution is -2.31. The third-order valence-corrected chi connectivity index (χ3v) is 2.78. The molecule has 0 bridgehead atoms. The summed E-state index contributed by atoms with van der Waals surface area (Å²) >= 11 is 0. The van der Waals surface area contributed by atoms with E-state index in [1.54, 1.807) is 6.92 Å². The van der Waals surface area contributed by atoms with Gasteiger partial charge < -0.3 is 10.4 Å². The Labute approximate surface area is 102 Å². The summed E-state index contributed by atoms with van der Waals surface area (Å²) in [5.41, 5.74) is 1.90. The minimum Gasteiger partial charge on any atom is -0.367 e. The summed E-state index contributed by atoms with van der Waals surface area (Å²) in [6.45, 7) is 3.79. The number of hydrogen-bond donors (Lipinski definition) is 2. The van der Waals surface area contributed by atoms with Crippen molar-refractivity contribution in [2.75, 3.05) is 5.32 Å². The quantitative estimate of drug-likeness (QED) is 0.789. The molecule has 2 rings (SSSR count). The molecular formula is C15H17NO. The van der Waals surface area contributed by atoms with Crippen LogP contribution >= 0.6 is 0 Å². The average Bonchev–Trinajstić information content (AvgIpc) is 2.33. The van der Waals surface area contributed by atoms with Gasteiger partial charge in [0.1, 0.15) is 0 Å². The minimum absolute atomic E-state index is 0.848. The Bertz CT molecular complexity index is 474. The summed E-state index contributed by atoms with van der Waals surface area (Å²) in [7, 11) is 0. The molecule has 0 aliphatic carbocycles. The van der Waals surface area contributed by atoms with Crippen LogP contribution in [0.1, 0.15) is 18.1 Å². The second-order valence-corrected chi connectivity index (χ2v) is 4.43. The maximum absolute atomic E-state index is 10.4. The number of benzene rings is 2. The molecule has 2 N–H and O–H groups in total. The Kier molecular flexibility index (Phi) is 3.16. The summed E-state index contributed by atoms with van der Waals surface area (Å²) in [4.78, 5) is 0. The summed E-state index contributed by atoms with van der Waals surface area (Å²) in [5, 5.41) is 13.5. The van der Waals surface area contributed by atoms with Crippen molar-refractivity contribution in [3.63, 3.8) is 0 Å². The van der Waals surface area contributed by atoms with Crippen molar-refractivity contribution in [2.24, 2.45) is 0 Å². The number of nitrogens with one attached hydrogen (secondary N) is 1. The maximum atomic E-state index is 10.4. The van der Waals surface area contributed by atoms with Crippen molar-refractivity contribution in [1.29, 1.82) is 0 Å². The zero-order valence-electron chi connectivity index (χ0n) is 10.1. The van der Waals surface area contributed by atoms with E-state index in [0.29, 0.717) is 0 Å². The monoisotopic (exact) mass is 227 g/mol. The van der Waals surface area contributed by atoms with Crippen molar-refractivity contribution >= 4 is 5.69 Å². The maximum Gasteiger partial charge on any atom is 0.159 e. The summed E-state index contributed by atoms with van der Waals surface area (Å²) in [6, 6.07) is 17.5. The highest BCUT2D eigenvalue weighted by Gasteiger charge is 2.21. The average molecular weight is 227 g/mol. The highest BCUT2D eigenvalue weighted by molar-refractivity contribution is 5.47. The van der Waals surface area contributed by atoms with Crippen molar-refractivity contribution in [3.05, 3.63) is 65.7 Å². The van der Waals surface area contributed by atoms with E-state index < -0.39 is 5.72 Å². The molecule has 2 aromatic rings. The molecule has 0 saturated heterocycles. The van der Waals surface area contributed by atoms with Gasteiger partial charge >= 0.3 is 0 Å². The largest absolute Gasteiger partial charge is 0.367 e. The molecule has 0 spiro atoms. The molecule has 0 amide bonds. The molecule has 2 aromatic carbocycles. The first-order valence-electron chi connectivity index (χ1n) is 5.71. The Morgan fingerprint density at radius 3 is 2.12 bits per heavy atom. The van der Waals surface area contributed by atoms with Gasteiger partial charge in [-0.25, -0.2) is 0 Å². The Balaban J connectivity index is 2.20. The topological polar surface area (TPSA) is 32.3 Å². The van der Waals surface area contributed by atoms with Crippen LogP contribution in [-0.4, -0.2) is 5.11 Å². The van der Waals surface area contributed by atoms with Gasteiger partial charge in [0, 0.05) is 11.3 Å². The minimum atomic E-state index is -1.06. The van der Waals surface area contributed by atoms with Gasteiger partial charge in [-0.2, -0.15) is 0 Å². The fourth-order valence-electron chi connectivity index (χ4n) is 1.75.